The molecular weight excluding hydrogens is 421 g/mol. The Hall–Kier alpha value is -2.68. The van der Waals surface area contributed by atoms with Gasteiger partial charge in [-0.05, 0) is 72.9 Å². The Bertz CT molecular complexity index is 1090. The van der Waals surface area contributed by atoms with Crippen LogP contribution in [0, 0.1) is 5.82 Å². The van der Waals surface area contributed by atoms with Gasteiger partial charge in [0.25, 0.3) is 10.0 Å². The summed E-state index contributed by atoms with van der Waals surface area (Å²) in [6.45, 7) is 0. The van der Waals surface area contributed by atoms with Gasteiger partial charge in [0, 0.05) is 16.4 Å². The summed E-state index contributed by atoms with van der Waals surface area (Å²) >= 11 is 10.9. The van der Waals surface area contributed by atoms with Gasteiger partial charge in [0.05, 0.1) is 10.6 Å². The Morgan fingerprint density at radius 1 is 0.857 bits per heavy atom. The van der Waals surface area contributed by atoms with E-state index in [-0.39, 0.29) is 15.7 Å². The maximum absolute atomic E-state index is 13.6. The SMILES string of the molecule is O=S(=O)(Nc1ccc(Cl)cc1)c1ccc(NC(=S)Nc2ccccc2F)cc1. The standard InChI is InChI=1S/C19H15ClFN3O2S2/c20-13-5-7-15(8-6-13)24-28(25,26)16-11-9-14(10-12-16)22-19(27)23-18-4-2-1-3-17(18)21/h1-12,24H,(H2,22,23,27). The van der Waals surface area contributed by atoms with Crippen molar-refractivity contribution >= 4 is 56.0 Å². The number of hydrogen-bond donors (Lipinski definition) is 3. The zero-order chi connectivity index (χ0) is 20.1. The van der Waals surface area contributed by atoms with Crippen molar-refractivity contribution in [2.45, 2.75) is 4.90 Å². The molecule has 0 fully saturated rings. The van der Waals surface area contributed by atoms with Gasteiger partial charge in [0.2, 0.25) is 0 Å². The van der Waals surface area contributed by atoms with E-state index < -0.39 is 15.8 Å². The van der Waals surface area contributed by atoms with E-state index in [1.54, 1.807) is 54.6 Å². The molecule has 0 aliphatic rings. The van der Waals surface area contributed by atoms with Gasteiger partial charge in [-0.3, -0.25) is 4.72 Å². The van der Waals surface area contributed by atoms with Gasteiger partial charge in [-0.1, -0.05) is 23.7 Å². The number of hydrogen-bond acceptors (Lipinski definition) is 3. The number of anilines is 3. The topological polar surface area (TPSA) is 70.2 Å². The van der Waals surface area contributed by atoms with Crippen molar-refractivity contribution in [2.24, 2.45) is 0 Å². The first kappa shape index (κ1) is 20.1. The minimum atomic E-state index is -3.74. The van der Waals surface area contributed by atoms with Crippen LogP contribution in [0.2, 0.25) is 5.02 Å². The smallest absolute Gasteiger partial charge is 0.261 e. The summed E-state index contributed by atoms with van der Waals surface area (Å²) in [5.74, 6) is -0.429. The van der Waals surface area contributed by atoms with Crippen LogP contribution in [0.25, 0.3) is 0 Å². The lowest BCUT2D eigenvalue weighted by molar-refractivity contribution is 0.601. The van der Waals surface area contributed by atoms with Crippen molar-refractivity contribution in [3.8, 4) is 0 Å². The second-order valence-electron chi connectivity index (χ2n) is 5.70. The first-order valence-corrected chi connectivity index (χ1v) is 10.3. The molecule has 3 N–H and O–H groups in total. The average molecular weight is 436 g/mol. The monoisotopic (exact) mass is 435 g/mol. The predicted molar refractivity (Wildman–Crippen MR) is 115 cm³/mol. The number of nitrogens with one attached hydrogen (secondary N) is 3. The van der Waals surface area contributed by atoms with Crippen molar-refractivity contribution in [2.75, 3.05) is 15.4 Å². The molecule has 0 spiro atoms. The predicted octanol–water partition coefficient (Wildman–Crippen LogP) is 5.09. The Morgan fingerprint density at radius 3 is 2.11 bits per heavy atom. The van der Waals surface area contributed by atoms with Crippen LogP contribution in [0.1, 0.15) is 0 Å². The minimum absolute atomic E-state index is 0.0842. The van der Waals surface area contributed by atoms with Crippen molar-refractivity contribution in [3.05, 3.63) is 83.6 Å². The summed E-state index contributed by atoms with van der Waals surface area (Å²) in [5.41, 5.74) is 1.20. The van der Waals surface area contributed by atoms with Crippen LogP contribution in [0.15, 0.2) is 77.7 Å². The normalized spacial score (nSPS) is 10.9. The zero-order valence-corrected chi connectivity index (χ0v) is 16.7. The number of rotatable bonds is 5. The number of thiocarbonyl (C=S) groups is 1. The van der Waals surface area contributed by atoms with Gasteiger partial charge in [-0.2, -0.15) is 0 Å². The van der Waals surface area contributed by atoms with Gasteiger partial charge < -0.3 is 10.6 Å². The van der Waals surface area contributed by atoms with Gasteiger partial charge in [0.1, 0.15) is 5.82 Å². The first-order valence-electron chi connectivity index (χ1n) is 8.04. The number of halogens is 2. The average Bonchev–Trinajstić information content (AvgIpc) is 2.66. The van der Waals surface area contributed by atoms with E-state index in [1.807, 2.05) is 0 Å². The van der Waals surface area contributed by atoms with Crippen molar-refractivity contribution in [3.63, 3.8) is 0 Å². The number of sulfonamides is 1. The molecule has 9 heteroatoms. The summed E-state index contributed by atoms with van der Waals surface area (Å²) < 4.78 is 41.0. The fourth-order valence-corrected chi connectivity index (χ4v) is 3.71. The maximum Gasteiger partial charge on any atom is 0.261 e. The van der Waals surface area contributed by atoms with Crippen molar-refractivity contribution in [1.82, 2.24) is 0 Å². The highest BCUT2D eigenvalue weighted by Crippen LogP contribution is 2.20. The molecule has 0 heterocycles. The third-order valence-electron chi connectivity index (χ3n) is 3.64. The molecule has 0 bridgehead atoms. The summed E-state index contributed by atoms with van der Waals surface area (Å²) in [5, 5.41) is 6.31. The molecule has 0 amide bonds. The molecular formula is C19H15ClFN3O2S2. The molecule has 0 radical (unpaired) electrons. The molecule has 3 aromatic carbocycles. The van der Waals surface area contributed by atoms with Crippen LogP contribution in [0.3, 0.4) is 0 Å². The van der Waals surface area contributed by atoms with Gasteiger partial charge in [-0.15, -0.1) is 0 Å². The summed E-state index contributed by atoms with van der Waals surface area (Å²) in [6, 6.07) is 18.5. The molecule has 28 heavy (non-hydrogen) atoms. The third kappa shape index (κ3) is 5.19. The quantitative estimate of drug-likeness (QED) is 0.487. The van der Waals surface area contributed by atoms with E-state index in [2.05, 4.69) is 15.4 Å². The van der Waals surface area contributed by atoms with E-state index in [1.165, 1.54) is 18.2 Å². The second-order valence-corrected chi connectivity index (χ2v) is 8.22. The largest absolute Gasteiger partial charge is 0.332 e. The molecule has 144 valence electrons. The fraction of sp³-hybridized carbons (Fsp3) is 0. The van der Waals surface area contributed by atoms with Gasteiger partial charge in [-0.25, -0.2) is 12.8 Å². The molecule has 0 saturated carbocycles. The van der Waals surface area contributed by atoms with Gasteiger partial charge >= 0.3 is 0 Å². The molecule has 3 aromatic rings. The molecule has 0 saturated heterocycles. The Kier molecular flexibility index (Phi) is 6.13. The lowest BCUT2D eigenvalue weighted by Crippen LogP contribution is -2.20. The minimum Gasteiger partial charge on any atom is -0.332 e. The van der Waals surface area contributed by atoms with E-state index in [0.717, 1.165) is 0 Å². The Morgan fingerprint density at radius 2 is 1.46 bits per heavy atom. The Balaban J connectivity index is 1.66. The summed E-state index contributed by atoms with van der Waals surface area (Å²) in [6.07, 6.45) is 0. The number of benzene rings is 3. The zero-order valence-electron chi connectivity index (χ0n) is 14.3. The molecule has 3 rings (SSSR count). The van der Waals surface area contributed by atoms with Crippen LogP contribution >= 0.6 is 23.8 Å². The van der Waals surface area contributed by atoms with Crippen LogP contribution in [-0.4, -0.2) is 13.5 Å². The molecule has 0 aliphatic carbocycles. The van der Waals surface area contributed by atoms with Crippen LogP contribution in [0.4, 0.5) is 21.5 Å². The number of para-hydroxylation sites is 1. The summed E-state index contributed by atoms with van der Waals surface area (Å²) in [4.78, 5) is 0.0842. The first-order chi connectivity index (χ1) is 13.3. The van der Waals surface area contributed by atoms with Crippen molar-refractivity contribution in [1.29, 1.82) is 0 Å². The molecule has 0 atom stereocenters. The highest BCUT2D eigenvalue weighted by molar-refractivity contribution is 7.92. The lowest BCUT2D eigenvalue weighted by atomic mass is 10.3. The Labute approximate surface area is 172 Å². The van der Waals surface area contributed by atoms with E-state index in [4.69, 9.17) is 23.8 Å². The maximum atomic E-state index is 13.6. The van der Waals surface area contributed by atoms with Gasteiger partial charge in [0.15, 0.2) is 5.11 Å². The molecule has 0 aromatic heterocycles. The molecule has 5 nitrogen and oxygen atoms in total. The van der Waals surface area contributed by atoms with Crippen molar-refractivity contribution < 1.29 is 12.8 Å². The molecule has 0 aliphatic heterocycles. The highest BCUT2D eigenvalue weighted by Gasteiger charge is 2.14. The summed E-state index contributed by atoms with van der Waals surface area (Å²) in [7, 11) is -3.74. The van der Waals surface area contributed by atoms with Crippen LogP contribution in [0.5, 0.6) is 0 Å². The third-order valence-corrected chi connectivity index (χ3v) is 5.49. The second kappa shape index (κ2) is 8.55. The fourth-order valence-electron chi connectivity index (χ4n) is 2.30. The lowest BCUT2D eigenvalue weighted by Gasteiger charge is -2.12. The van der Waals surface area contributed by atoms with Crippen LogP contribution < -0.4 is 15.4 Å². The van der Waals surface area contributed by atoms with E-state index in [9.17, 15) is 12.8 Å². The van der Waals surface area contributed by atoms with Crippen LogP contribution in [-0.2, 0) is 10.0 Å². The van der Waals surface area contributed by atoms with E-state index >= 15 is 0 Å². The van der Waals surface area contributed by atoms with E-state index in [0.29, 0.717) is 16.4 Å². The highest BCUT2D eigenvalue weighted by atomic mass is 35.5. The molecule has 0 unspecified atom stereocenters.